The smallest absolute Gasteiger partial charge is 0.174 e. The highest BCUT2D eigenvalue weighted by Gasteiger charge is 2.20. The van der Waals surface area contributed by atoms with E-state index in [1.165, 1.54) is 6.42 Å². The molecule has 3 heterocycles. The molecule has 0 atom stereocenters. The van der Waals surface area contributed by atoms with Gasteiger partial charge in [-0.05, 0) is 38.0 Å². The van der Waals surface area contributed by atoms with Crippen molar-refractivity contribution in [3.63, 3.8) is 0 Å². The lowest BCUT2D eigenvalue weighted by atomic mass is 10.1. The average molecular weight is 460 g/mol. The first kappa shape index (κ1) is 20.3. The van der Waals surface area contributed by atoms with E-state index in [4.69, 9.17) is 11.6 Å². The predicted molar refractivity (Wildman–Crippen MR) is 115 cm³/mol. The Morgan fingerprint density at radius 2 is 1.96 bits per heavy atom. The fraction of sp³-hybridized carbons (Fsp3) is 0.300. The van der Waals surface area contributed by atoms with Crippen molar-refractivity contribution in [2.45, 2.75) is 39.2 Å². The van der Waals surface area contributed by atoms with Gasteiger partial charge in [0, 0.05) is 18.5 Å². The van der Waals surface area contributed by atoms with E-state index in [0.717, 1.165) is 48.6 Å². The SMILES string of the molecule is Br.Cc1nn(-c2ccccc2)c(Cl)c1C=C(C#N)c1nnc2n1CCCCC2. The molecule has 6 nitrogen and oxygen atoms in total. The summed E-state index contributed by atoms with van der Waals surface area (Å²) >= 11 is 6.60. The van der Waals surface area contributed by atoms with Crippen molar-refractivity contribution in [3.8, 4) is 11.8 Å². The third-order valence-corrected chi connectivity index (χ3v) is 5.17. The summed E-state index contributed by atoms with van der Waals surface area (Å²) in [6, 6.07) is 12.0. The van der Waals surface area contributed by atoms with Gasteiger partial charge in [-0.15, -0.1) is 27.2 Å². The van der Waals surface area contributed by atoms with Crippen molar-refractivity contribution < 1.29 is 0 Å². The minimum absolute atomic E-state index is 0. The fourth-order valence-electron chi connectivity index (χ4n) is 3.39. The van der Waals surface area contributed by atoms with Gasteiger partial charge in [0.1, 0.15) is 17.0 Å². The Morgan fingerprint density at radius 1 is 1.18 bits per heavy atom. The Kier molecular flexibility index (Phi) is 6.32. The zero-order valence-electron chi connectivity index (χ0n) is 15.5. The molecule has 0 bridgehead atoms. The first-order valence-electron chi connectivity index (χ1n) is 9.04. The lowest BCUT2D eigenvalue weighted by Gasteiger charge is -2.06. The highest BCUT2D eigenvalue weighted by Crippen LogP contribution is 2.28. The molecule has 1 aliphatic rings. The minimum Gasteiger partial charge on any atom is -0.310 e. The van der Waals surface area contributed by atoms with Crippen LogP contribution < -0.4 is 0 Å². The zero-order valence-corrected chi connectivity index (χ0v) is 17.9. The number of halogens is 2. The topological polar surface area (TPSA) is 72.3 Å². The van der Waals surface area contributed by atoms with E-state index in [0.29, 0.717) is 16.6 Å². The molecule has 3 aromatic rings. The van der Waals surface area contributed by atoms with Gasteiger partial charge in [-0.2, -0.15) is 10.4 Å². The van der Waals surface area contributed by atoms with Crippen LogP contribution in [0, 0.1) is 18.3 Å². The van der Waals surface area contributed by atoms with Crippen molar-refractivity contribution >= 4 is 40.2 Å². The number of rotatable bonds is 3. The molecule has 1 aliphatic heterocycles. The summed E-state index contributed by atoms with van der Waals surface area (Å²) in [4.78, 5) is 0. The summed E-state index contributed by atoms with van der Waals surface area (Å²) in [5, 5.41) is 23.4. The molecule has 28 heavy (non-hydrogen) atoms. The second kappa shape index (κ2) is 8.72. The summed E-state index contributed by atoms with van der Waals surface area (Å²) in [5.41, 5.74) is 2.81. The molecule has 0 fully saturated rings. The van der Waals surface area contributed by atoms with Gasteiger partial charge in [-0.3, -0.25) is 0 Å². The lowest BCUT2D eigenvalue weighted by molar-refractivity contribution is 0.627. The Balaban J connectivity index is 0.00000225. The number of fused-ring (bicyclic) bond motifs is 1. The van der Waals surface area contributed by atoms with Crippen molar-refractivity contribution in [1.29, 1.82) is 5.26 Å². The van der Waals surface area contributed by atoms with Crippen molar-refractivity contribution in [2.24, 2.45) is 0 Å². The van der Waals surface area contributed by atoms with Gasteiger partial charge < -0.3 is 4.57 Å². The van der Waals surface area contributed by atoms with Gasteiger partial charge in [-0.25, -0.2) is 4.68 Å². The van der Waals surface area contributed by atoms with Crippen LogP contribution in [0.3, 0.4) is 0 Å². The fourth-order valence-corrected chi connectivity index (χ4v) is 3.72. The summed E-state index contributed by atoms with van der Waals surface area (Å²) in [6.07, 6.45) is 6.02. The number of para-hydroxylation sites is 1. The number of nitrogens with zero attached hydrogens (tertiary/aromatic N) is 6. The molecule has 0 radical (unpaired) electrons. The largest absolute Gasteiger partial charge is 0.310 e. The monoisotopic (exact) mass is 458 g/mol. The van der Waals surface area contributed by atoms with Crippen LogP contribution in [0.2, 0.25) is 5.15 Å². The van der Waals surface area contributed by atoms with Crippen molar-refractivity contribution in [3.05, 3.63) is 58.4 Å². The second-order valence-corrected chi connectivity index (χ2v) is 6.97. The molecular weight excluding hydrogens is 440 g/mol. The Bertz CT molecular complexity index is 1040. The molecule has 1 aromatic carbocycles. The first-order valence-corrected chi connectivity index (χ1v) is 9.41. The predicted octanol–water partition coefficient (Wildman–Crippen LogP) is 4.79. The van der Waals surface area contributed by atoms with Gasteiger partial charge in [0.05, 0.1) is 17.0 Å². The molecule has 0 saturated carbocycles. The second-order valence-electron chi connectivity index (χ2n) is 6.61. The molecule has 0 amide bonds. The van der Waals surface area contributed by atoms with Crippen LogP contribution in [0.4, 0.5) is 0 Å². The summed E-state index contributed by atoms with van der Waals surface area (Å²) in [7, 11) is 0. The highest BCUT2D eigenvalue weighted by molar-refractivity contribution is 8.93. The van der Waals surface area contributed by atoms with E-state index in [1.54, 1.807) is 10.8 Å². The Hall–Kier alpha value is -2.43. The average Bonchev–Trinajstić information content (AvgIpc) is 3.11. The number of hydrogen-bond acceptors (Lipinski definition) is 4. The van der Waals surface area contributed by atoms with Crippen LogP contribution in [0.5, 0.6) is 0 Å². The molecule has 0 unspecified atom stereocenters. The van der Waals surface area contributed by atoms with Gasteiger partial charge >= 0.3 is 0 Å². The Morgan fingerprint density at radius 3 is 2.71 bits per heavy atom. The minimum atomic E-state index is 0. The van der Waals surface area contributed by atoms with Gasteiger partial charge in [0.15, 0.2) is 5.82 Å². The number of hydrogen-bond donors (Lipinski definition) is 0. The summed E-state index contributed by atoms with van der Waals surface area (Å²) in [5.74, 6) is 1.56. The Labute approximate surface area is 179 Å². The molecule has 0 saturated heterocycles. The molecule has 2 aromatic heterocycles. The van der Waals surface area contributed by atoms with Crippen LogP contribution in [0.25, 0.3) is 17.3 Å². The number of allylic oxidation sites excluding steroid dienone is 1. The van der Waals surface area contributed by atoms with E-state index in [2.05, 4.69) is 25.9 Å². The maximum atomic E-state index is 9.77. The van der Waals surface area contributed by atoms with E-state index in [-0.39, 0.29) is 17.0 Å². The molecule has 4 rings (SSSR count). The van der Waals surface area contributed by atoms with Crippen LogP contribution in [0.1, 0.15) is 42.2 Å². The maximum Gasteiger partial charge on any atom is 0.174 e. The summed E-state index contributed by atoms with van der Waals surface area (Å²) < 4.78 is 3.74. The van der Waals surface area contributed by atoms with Crippen LogP contribution in [-0.2, 0) is 13.0 Å². The normalized spacial score (nSPS) is 14.0. The quantitative estimate of drug-likeness (QED) is 0.528. The summed E-state index contributed by atoms with van der Waals surface area (Å²) in [6.45, 7) is 2.73. The third kappa shape index (κ3) is 3.75. The van der Waals surface area contributed by atoms with Crippen molar-refractivity contribution in [2.75, 3.05) is 0 Å². The standard InChI is InChI=1S/C20H19ClN6.BrH/c1-14-17(19(21)27(25-14)16-8-4-2-5-9-16)12-15(13-22)20-24-23-18-10-6-3-7-11-26(18)20;/h2,4-5,8-9,12H,3,6-7,10-11H2,1H3;1H. The highest BCUT2D eigenvalue weighted by atomic mass is 79.9. The molecule has 8 heteroatoms. The molecule has 0 aliphatic carbocycles. The molecule has 0 N–H and O–H groups in total. The van der Waals surface area contributed by atoms with E-state index < -0.39 is 0 Å². The van der Waals surface area contributed by atoms with Crippen LogP contribution in [0.15, 0.2) is 30.3 Å². The van der Waals surface area contributed by atoms with E-state index in [1.807, 2.05) is 37.3 Å². The molecule has 144 valence electrons. The third-order valence-electron chi connectivity index (χ3n) is 4.81. The van der Waals surface area contributed by atoms with Gasteiger partial charge in [0.25, 0.3) is 0 Å². The number of benzene rings is 1. The van der Waals surface area contributed by atoms with Crippen molar-refractivity contribution in [1.82, 2.24) is 24.5 Å². The number of nitriles is 1. The lowest BCUT2D eigenvalue weighted by Crippen LogP contribution is -2.05. The first-order chi connectivity index (χ1) is 13.2. The maximum absolute atomic E-state index is 9.77. The number of aromatic nitrogens is 5. The zero-order chi connectivity index (χ0) is 18.8. The van der Waals surface area contributed by atoms with Crippen LogP contribution >= 0.6 is 28.6 Å². The van der Waals surface area contributed by atoms with Gasteiger partial charge in [0.2, 0.25) is 0 Å². The van der Waals surface area contributed by atoms with E-state index >= 15 is 0 Å². The van der Waals surface area contributed by atoms with E-state index in [9.17, 15) is 5.26 Å². The van der Waals surface area contributed by atoms with Gasteiger partial charge in [-0.1, -0.05) is 36.2 Å². The van der Waals surface area contributed by atoms with Crippen LogP contribution in [-0.4, -0.2) is 24.5 Å². The number of aryl methyl sites for hydroxylation is 2. The molecular formula is C20H20BrClN6. The molecule has 0 spiro atoms.